The van der Waals surface area contributed by atoms with Crippen LogP contribution >= 0.6 is 11.6 Å². The van der Waals surface area contributed by atoms with Gasteiger partial charge in [0.2, 0.25) is 0 Å². The van der Waals surface area contributed by atoms with Gasteiger partial charge in [0.1, 0.15) is 0 Å². The number of hydrogen-bond donors (Lipinski definition) is 1. The summed E-state index contributed by atoms with van der Waals surface area (Å²) >= 11 is 5.62. The van der Waals surface area contributed by atoms with E-state index in [1.165, 1.54) is 11.1 Å². The molecule has 0 aliphatic carbocycles. The maximum atomic E-state index is 5.87. The van der Waals surface area contributed by atoms with Gasteiger partial charge in [-0.15, -0.1) is 11.6 Å². The van der Waals surface area contributed by atoms with Crippen LogP contribution in [0.4, 0.5) is 5.69 Å². The Kier molecular flexibility index (Phi) is 4.10. The predicted octanol–water partition coefficient (Wildman–Crippen LogP) is 3.00. The van der Waals surface area contributed by atoms with E-state index in [9.17, 15) is 0 Å². The number of nitrogen functional groups attached to an aromatic ring is 1. The Morgan fingerprint density at radius 3 is 2.69 bits per heavy atom. The van der Waals surface area contributed by atoms with Gasteiger partial charge in [0, 0.05) is 11.6 Å². The third kappa shape index (κ3) is 2.92. The Labute approximate surface area is 84.9 Å². The number of alkyl halides is 1. The summed E-state index contributed by atoms with van der Waals surface area (Å²) in [5, 5.41) is 0. The van der Waals surface area contributed by atoms with Crippen molar-refractivity contribution in [2.24, 2.45) is 0 Å². The highest BCUT2D eigenvalue weighted by molar-refractivity contribution is 6.17. The third-order valence-corrected chi connectivity index (χ3v) is 2.46. The first-order chi connectivity index (χ1) is 6.27. The van der Waals surface area contributed by atoms with Crippen molar-refractivity contribution in [3.05, 3.63) is 29.3 Å². The topological polar surface area (TPSA) is 26.0 Å². The van der Waals surface area contributed by atoms with Crippen LogP contribution in [0.2, 0.25) is 0 Å². The zero-order valence-electron chi connectivity index (χ0n) is 8.02. The molecule has 0 radical (unpaired) electrons. The molecule has 0 aromatic heterocycles. The van der Waals surface area contributed by atoms with Crippen molar-refractivity contribution in [1.82, 2.24) is 0 Å². The van der Waals surface area contributed by atoms with Crippen LogP contribution in [0.3, 0.4) is 0 Å². The number of benzene rings is 1. The number of rotatable bonds is 4. The Hall–Kier alpha value is -0.690. The number of nitrogens with two attached hydrogens (primary N) is 1. The predicted molar refractivity (Wildman–Crippen MR) is 59.3 cm³/mol. The molecule has 0 heterocycles. The first kappa shape index (κ1) is 10.4. The van der Waals surface area contributed by atoms with Crippen molar-refractivity contribution in [2.45, 2.75) is 26.2 Å². The van der Waals surface area contributed by atoms with Gasteiger partial charge in [-0.25, -0.2) is 0 Å². The summed E-state index contributed by atoms with van der Waals surface area (Å²) < 4.78 is 0. The summed E-state index contributed by atoms with van der Waals surface area (Å²) in [6, 6.07) is 6.31. The van der Waals surface area contributed by atoms with Crippen LogP contribution in [0.1, 0.15) is 24.5 Å². The van der Waals surface area contributed by atoms with E-state index in [1.54, 1.807) is 0 Å². The normalized spacial score (nSPS) is 10.3. The number of halogens is 1. The van der Waals surface area contributed by atoms with E-state index in [2.05, 4.69) is 25.1 Å². The number of hydrogen-bond acceptors (Lipinski definition) is 1. The highest BCUT2D eigenvalue weighted by Gasteiger charge is 1.98. The molecule has 2 heteroatoms. The lowest BCUT2D eigenvalue weighted by molar-refractivity contribution is 0.927. The molecule has 0 amide bonds. The van der Waals surface area contributed by atoms with Crippen LogP contribution < -0.4 is 5.73 Å². The van der Waals surface area contributed by atoms with Gasteiger partial charge in [-0.1, -0.05) is 19.1 Å². The lowest BCUT2D eigenvalue weighted by Crippen LogP contribution is -1.95. The second-order valence-corrected chi connectivity index (χ2v) is 3.56. The second-order valence-electron chi connectivity index (χ2n) is 3.18. The summed E-state index contributed by atoms with van der Waals surface area (Å²) in [4.78, 5) is 0. The molecule has 0 bridgehead atoms. The van der Waals surface area contributed by atoms with Crippen LogP contribution in [-0.2, 0) is 12.8 Å². The fourth-order valence-corrected chi connectivity index (χ4v) is 1.53. The maximum Gasteiger partial charge on any atom is 0.0349 e. The largest absolute Gasteiger partial charge is 0.398 e. The summed E-state index contributed by atoms with van der Waals surface area (Å²) in [5.74, 6) is 0.718. The quantitative estimate of drug-likeness (QED) is 0.583. The van der Waals surface area contributed by atoms with Crippen LogP contribution in [0, 0.1) is 0 Å². The summed E-state index contributed by atoms with van der Waals surface area (Å²) in [7, 11) is 0. The van der Waals surface area contributed by atoms with Crippen LogP contribution in [0.25, 0.3) is 0 Å². The van der Waals surface area contributed by atoms with Crippen molar-refractivity contribution in [2.75, 3.05) is 11.6 Å². The van der Waals surface area contributed by atoms with Crippen LogP contribution in [-0.4, -0.2) is 5.88 Å². The SMILES string of the molecule is CCc1ccc(CCCCl)cc1N. The minimum atomic E-state index is 0.718. The standard InChI is InChI=1S/C11H16ClN/c1-2-10-6-5-9(4-3-7-12)8-11(10)13/h5-6,8H,2-4,7,13H2,1H3. The molecule has 0 atom stereocenters. The number of aryl methyl sites for hydroxylation is 2. The molecule has 72 valence electrons. The average Bonchev–Trinajstić information content (AvgIpc) is 2.15. The van der Waals surface area contributed by atoms with Crippen LogP contribution in [0.15, 0.2) is 18.2 Å². The van der Waals surface area contributed by atoms with Gasteiger partial charge >= 0.3 is 0 Å². The monoisotopic (exact) mass is 197 g/mol. The number of anilines is 1. The minimum absolute atomic E-state index is 0.718. The molecule has 0 spiro atoms. The van der Waals surface area contributed by atoms with Crippen LogP contribution in [0.5, 0.6) is 0 Å². The minimum Gasteiger partial charge on any atom is -0.398 e. The second kappa shape index (κ2) is 5.13. The molecule has 0 unspecified atom stereocenters. The Morgan fingerprint density at radius 1 is 1.38 bits per heavy atom. The van der Waals surface area contributed by atoms with Gasteiger partial charge in [0.15, 0.2) is 0 Å². The van der Waals surface area contributed by atoms with Gasteiger partial charge in [0.05, 0.1) is 0 Å². The molecule has 1 nitrogen and oxygen atoms in total. The van der Waals surface area contributed by atoms with E-state index in [4.69, 9.17) is 17.3 Å². The fraction of sp³-hybridized carbons (Fsp3) is 0.455. The third-order valence-electron chi connectivity index (χ3n) is 2.19. The van der Waals surface area contributed by atoms with Gasteiger partial charge in [-0.2, -0.15) is 0 Å². The molecule has 0 saturated heterocycles. The summed E-state index contributed by atoms with van der Waals surface area (Å²) in [6.07, 6.45) is 3.05. The Morgan fingerprint density at radius 2 is 2.15 bits per heavy atom. The van der Waals surface area contributed by atoms with Crippen molar-refractivity contribution in [1.29, 1.82) is 0 Å². The lowest BCUT2D eigenvalue weighted by atomic mass is 10.0. The maximum absolute atomic E-state index is 5.87. The van der Waals surface area contributed by atoms with Crippen molar-refractivity contribution in [3.8, 4) is 0 Å². The molecular formula is C11H16ClN. The first-order valence-corrected chi connectivity index (χ1v) is 5.24. The average molecular weight is 198 g/mol. The molecule has 0 aliphatic heterocycles. The van der Waals surface area contributed by atoms with Gasteiger partial charge in [-0.3, -0.25) is 0 Å². The van der Waals surface area contributed by atoms with Crippen molar-refractivity contribution in [3.63, 3.8) is 0 Å². The van der Waals surface area contributed by atoms with Gasteiger partial charge in [-0.05, 0) is 36.5 Å². The molecule has 1 aromatic carbocycles. The van der Waals surface area contributed by atoms with Crippen molar-refractivity contribution >= 4 is 17.3 Å². The molecular weight excluding hydrogens is 182 g/mol. The lowest BCUT2D eigenvalue weighted by Gasteiger charge is -2.05. The Bertz CT molecular complexity index is 271. The summed E-state index contributed by atoms with van der Waals surface area (Å²) in [5.41, 5.74) is 9.30. The molecule has 0 saturated carbocycles. The smallest absolute Gasteiger partial charge is 0.0349 e. The van der Waals surface area contributed by atoms with E-state index in [-0.39, 0.29) is 0 Å². The van der Waals surface area contributed by atoms with E-state index < -0.39 is 0 Å². The van der Waals surface area contributed by atoms with Gasteiger partial charge in [0.25, 0.3) is 0 Å². The fourth-order valence-electron chi connectivity index (χ4n) is 1.39. The zero-order chi connectivity index (χ0) is 9.68. The van der Waals surface area contributed by atoms with E-state index in [0.717, 1.165) is 30.8 Å². The molecule has 2 N–H and O–H groups in total. The van der Waals surface area contributed by atoms with Gasteiger partial charge < -0.3 is 5.73 Å². The summed E-state index contributed by atoms with van der Waals surface area (Å²) in [6.45, 7) is 2.12. The zero-order valence-corrected chi connectivity index (χ0v) is 8.77. The highest BCUT2D eigenvalue weighted by Crippen LogP contribution is 2.15. The molecule has 1 rings (SSSR count). The van der Waals surface area contributed by atoms with Crippen molar-refractivity contribution < 1.29 is 0 Å². The first-order valence-electron chi connectivity index (χ1n) is 4.71. The van der Waals surface area contributed by atoms with E-state index in [0.29, 0.717) is 0 Å². The molecule has 13 heavy (non-hydrogen) atoms. The molecule has 1 aromatic rings. The molecule has 0 aliphatic rings. The van der Waals surface area contributed by atoms with E-state index in [1.807, 2.05) is 0 Å². The Balaban J connectivity index is 2.71. The molecule has 0 fully saturated rings. The highest BCUT2D eigenvalue weighted by atomic mass is 35.5. The van der Waals surface area contributed by atoms with E-state index >= 15 is 0 Å².